The molecule has 1 aromatic heterocycles. The highest BCUT2D eigenvalue weighted by atomic mass is 16.6. The number of rotatable bonds is 16. The van der Waals surface area contributed by atoms with E-state index in [0.29, 0.717) is 31.6 Å². The Hall–Kier alpha value is -4.55. The minimum Gasteiger partial charge on any atom is -0.464 e. The van der Waals surface area contributed by atoms with Gasteiger partial charge in [0.2, 0.25) is 11.8 Å². The SMILES string of the molecule is C=CCCCCC[C@H](NC(=O)OC(C)(C)C)C(=O)N1C[C@H](c2nnn(Cc3ccccc3)n2)C[C@H]1C(=O)N[C@]1(C(=O)OCC)C[C@H]1C=C. The largest absolute Gasteiger partial charge is 0.464 e. The molecule has 48 heavy (non-hydrogen) atoms. The van der Waals surface area contributed by atoms with Gasteiger partial charge in [-0.3, -0.25) is 9.59 Å². The molecule has 0 spiro atoms. The summed E-state index contributed by atoms with van der Waals surface area (Å²) < 4.78 is 10.8. The first-order chi connectivity index (χ1) is 22.9. The van der Waals surface area contributed by atoms with Gasteiger partial charge in [-0.2, -0.15) is 4.80 Å². The molecule has 13 heteroatoms. The Kier molecular flexibility index (Phi) is 12.1. The summed E-state index contributed by atoms with van der Waals surface area (Å²) in [6.45, 7) is 15.2. The van der Waals surface area contributed by atoms with Crippen LogP contribution in [0, 0.1) is 5.92 Å². The van der Waals surface area contributed by atoms with Crippen molar-refractivity contribution in [1.29, 1.82) is 0 Å². The molecule has 0 radical (unpaired) electrons. The molecule has 2 aromatic rings. The molecule has 1 aliphatic carbocycles. The third-order valence-electron chi connectivity index (χ3n) is 8.56. The number of tetrazole rings is 1. The lowest BCUT2D eigenvalue weighted by molar-refractivity contribution is -0.150. The molecule has 1 saturated heterocycles. The Balaban J connectivity index is 1.59. The van der Waals surface area contributed by atoms with Crippen molar-refractivity contribution in [3.8, 4) is 0 Å². The van der Waals surface area contributed by atoms with Crippen LogP contribution >= 0.6 is 0 Å². The lowest BCUT2D eigenvalue weighted by Gasteiger charge is -2.30. The quantitative estimate of drug-likeness (QED) is 0.154. The van der Waals surface area contributed by atoms with E-state index in [-0.39, 0.29) is 25.5 Å². The summed E-state index contributed by atoms with van der Waals surface area (Å²) >= 11 is 0. The first-order valence-corrected chi connectivity index (χ1v) is 16.7. The van der Waals surface area contributed by atoms with Gasteiger partial charge in [-0.05, 0) is 70.6 Å². The summed E-state index contributed by atoms with van der Waals surface area (Å²) in [5.41, 5.74) is -1.01. The summed E-state index contributed by atoms with van der Waals surface area (Å²) in [6, 6.07) is 7.79. The van der Waals surface area contributed by atoms with Crippen LogP contribution in [0.1, 0.15) is 89.9 Å². The van der Waals surface area contributed by atoms with E-state index < -0.39 is 53.0 Å². The van der Waals surface area contributed by atoms with E-state index in [9.17, 15) is 19.2 Å². The summed E-state index contributed by atoms with van der Waals surface area (Å²) in [7, 11) is 0. The molecule has 1 saturated carbocycles. The molecule has 2 aliphatic rings. The van der Waals surface area contributed by atoms with Gasteiger partial charge in [-0.1, -0.05) is 55.3 Å². The van der Waals surface area contributed by atoms with E-state index >= 15 is 0 Å². The number of allylic oxidation sites excluding steroid dienone is 1. The molecule has 1 aromatic carbocycles. The van der Waals surface area contributed by atoms with Crippen LogP contribution in [0.2, 0.25) is 0 Å². The van der Waals surface area contributed by atoms with Gasteiger partial charge in [-0.15, -0.1) is 23.4 Å². The molecule has 13 nitrogen and oxygen atoms in total. The maximum absolute atomic E-state index is 14.3. The third-order valence-corrected chi connectivity index (χ3v) is 8.56. The fraction of sp³-hybridized carbons (Fsp3) is 0.571. The molecule has 2 heterocycles. The molecule has 2 N–H and O–H groups in total. The molecular weight excluding hydrogens is 614 g/mol. The summed E-state index contributed by atoms with van der Waals surface area (Å²) in [4.78, 5) is 57.2. The van der Waals surface area contributed by atoms with Crippen molar-refractivity contribution in [2.24, 2.45) is 5.92 Å². The highest BCUT2D eigenvalue weighted by molar-refractivity contribution is 5.96. The third kappa shape index (κ3) is 9.29. The zero-order valence-electron chi connectivity index (χ0n) is 28.5. The Labute approximate surface area is 282 Å². The lowest BCUT2D eigenvalue weighted by Crippen LogP contribution is -2.56. The standard InChI is InChI=1S/C35H49N7O6/c1-7-10-11-12-16-19-27(36-33(46)48-34(4,5)6)31(44)41-23-25(29-38-40-42(39-29)22-24-17-14-13-15-18-24)20-28(41)30(43)37-35(21-26(35)8-2)32(45)47-9-3/h7-8,13-15,17-18,25-28H,1-2,9-12,16,19-23H2,3-6H3,(H,36,46)(H,37,43)/t25-,26-,27+,28+,35-/m1/s1. The number of carbonyl (C=O) groups is 4. The van der Waals surface area contributed by atoms with Gasteiger partial charge in [0.05, 0.1) is 13.2 Å². The Morgan fingerprint density at radius 1 is 1.12 bits per heavy atom. The van der Waals surface area contributed by atoms with E-state index in [0.717, 1.165) is 24.8 Å². The normalized spacial score (nSPS) is 22.3. The fourth-order valence-electron chi connectivity index (χ4n) is 6.03. The zero-order chi connectivity index (χ0) is 34.9. The fourth-order valence-corrected chi connectivity index (χ4v) is 6.03. The van der Waals surface area contributed by atoms with Gasteiger partial charge < -0.3 is 25.0 Å². The van der Waals surface area contributed by atoms with Crippen LogP contribution in [0.3, 0.4) is 0 Å². The minimum atomic E-state index is -1.24. The lowest BCUT2D eigenvalue weighted by atomic mass is 10.0. The second kappa shape index (κ2) is 16.0. The minimum absolute atomic E-state index is 0.119. The Bertz CT molecular complexity index is 1450. The van der Waals surface area contributed by atoms with Gasteiger partial charge in [-0.25, -0.2) is 9.59 Å². The molecule has 4 rings (SSSR count). The number of carbonyl (C=O) groups excluding carboxylic acids is 4. The van der Waals surface area contributed by atoms with E-state index in [1.807, 2.05) is 36.4 Å². The van der Waals surface area contributed by atoms with Gasteiger partial charge in [0.25, 0.3) is 0 Å². The second-order valence-corrected chi connectivity index (χ2v) is 13.5. The van der Waals surface area contributed by atoms with Gasteiger partial charge in [0.15, 0.2) is 5.82 Å². The number of likely N-dealkylation sites (tertiary alicyclic amines) is 1. The number of hydrogen-bond donors (Lipinski definition) is 2. The smallest absolute Gasteiger partial charge is 0.408 e. The first kappa shape index (κ1) is 36.3. The van der Waals surface area contributed by atoms with E-state index in [1.165, 1.54) is 9.70 Å². The average Bonchev–Trinajstić information content (AvgIpc) is 3.33. The molecule has 0 unspecified atom stereocenters. The van der Waals surface area contributed by atoms with Crippen molar-refractivity contribution in [3.63, 3.8) is 0 Å². The molecule has 3 amide bonds. The van der Waals surface area contributed by atoms with Crippen molar-refractivity contribution in [1.82, 2.24) is 35.7 Å². The van der Waals surface area contributed by atoms with Crippen LogP contribution in [0.25, 0.3) is 0 Å². The highest BCUT2D eigenvalue weighted by Gasteiger charge is 2.62. The summed E-state index contributed by atoms with van der Waals surface area (Å²) in [5, 5.41) is 18.8. The number of ether oxygens (including phenoxy) is 2. The van der Waals surface area contributed by atoms with Crippen LogP contribution in [-0.2, 0) is 30.4 Å². The maximum Gasteiger partial charge on any atom is 0.408 e. The van der Waals surface area contributed by atoms with Gasteiger partial charge in [0, 0.05) is 18.4 Å². The average molecular weight is 664 g/mol. The number of esters is 1. The van der Waals surface area contributed by atoms with Crippen molar-refractivity contribution < 1.29 is 28.7 Å². The van der Waals surface area contributed by atoms with Crippen molar-refractivity contribution in [3.05, 3.63) is 67.0 Å². The predicted octanol–water partition coefficient (Wildman–Crippen LogP) is 4.06. The van der Waals surface area contributed by atoms with Crippen molar-refractivity contribution in [2.45, 2.75) is 108 Å². The van der Waals surface area contributed by atoms with E-state index in [4.69, 9.17) is 9.47 Å². The number of nitrogens with one attached hydrogen (secondary N) is 2. The topological polar surface area (TPSA) is 158 Å². The molecule has 260 valence electrons. The van der Waals surface area contributed by atoms with E-state index in [2.05, 4.69) is 39.2 Å². The van der Waals surface area contributed by atoms with Crippen LogP contribution in [0.4, 0.5) is 4.79 Å². The Morgan fingerprint density at radius 2 is 1.88 bits per heavy atom. The van der Waals surface area contributed by atoms with Crippen LogP contribution in [-0.4, -0.2) is 85.4 Å². The first-order valence-electron chi connectivity index (χ1n) is 16.7. The highest BCUT2D eigenvalue weighted by Crippen LogP contribution is 2.46. The van der Waals surface area contributed by atoms with Gasteiger partial charge >= 0.3 is 12.1 Å². The molecule has 2 fully saturated rings. The number of unbranched alkanes of at least 4 members (excludes halogenated alkanes) is 3. The number of amides is 3. The number of benzene rings is 1. The summed E-state index contributed by atoms with van der Waals surface area (Å²) in [6.07, 6.45) is 6.90. The monoisotopic (exact) mass is 663 g/mol. The predicted molar refractivity (Wildman–Crippen MR) is 178 cm³/mol. The maximum atomic E-state index is 14.3. The van der Waals surface area contributed by atoms with Crippen LogP contribution < -0.4 is 10.6 Å². The molecule has 0 bridgehead atoms. The van der Waals surface area contributed by atoms with Gasteiger partial charge in [0.1, 0.15) is 23.2 Å². The van der Waals surface area contributed by atoms with Crippen LogP contribution in [0.5, 0.6) is 0 Å². The zero-order valence-corrected chi connectivity index (χ0v) is 28.5. The number of nitrogens with zero attached hydrogens (tertiary/aromatic N) is 5. The number of aromatic nitrogens is 4. The molecule has 1 aliphatic heterocycles. The van der Waals surface area contributed by atoms with Crippen LogP contribution in [0.15, 0.2) is 55.6 Å². The molecule has 5 atom stereocenters. The Morgan fingerprint density at radius 3 is 2.52 bits per heavy atom. The van der Waals surface area contributed by atoms with Crippen molar-refractivity contribution >= 4 is 23.9 Å². The summed E-state index contributed by atoms with van der Waals surface area (Å²) in [5.74, 6) is -1.77. The number of hydrogen-bond acceptors (Lipinski definition) is 9. The number of alkyl carbamates (subject to hydrolysis) is 1. The second-order valence-electron chi connectivity index (χ2n) is 13.5. The van der Waals surface area contributed by atoms with Crippen molar-refractivity contribution in [2.75, 3.05) is 13.2 Å². The van der Waals surface area contributed by atoms with E-state index in [1.54, 1.807) is 33.8 Å². The molecular formula is C35H49N7O6.